The molecule has 0 radical (unpaired) electrons. The number of aryl methyl sites for hydroxylation is 4. The van der Waals surface area contributed by atoms with E-state index in [0.717, 1.165) is 22.5 Å². The van der Waals surface area contributed by atoms with Gasteiger partial charge in [0.05, 0.1) is 18.1 Å². The summed E-state index contributed by atoms with van der Waals surface area (Å²) < 4.78 is 35.3. The second-order valence-corrected chi connectivity index (χ2v) is 9.84. The van der Waals surface area contributed by atoms with Gasteiger partial charge in [0.1, 0.15) is 17.3 Å². The fourth-order valence-electron chi connectivity index (χ4n) is 3.79. The van der Waals surface area contributed by atoms with Crippen LogP contribution in [0.15, 0.2) is 28.7 Å². The van der Waals surface area contributed by atoms with E-state index in [1.165, 1.54) is 0 Å². The molecule has 0 unspecified atom stereocenters. The lowest BCUT2D eigenvalue weighted by Gasteiger charge is -2.27. The van der Waals surface area contributed by atoms with E-state index in [1.807, 2.05) is 52.0 Å². The van der Waals surface area contributed by atoms with Gasteiger partial charge in [-0.25, -0.2) is 8.42 Å². The average Bonchev–Trinajstić information content (AvgIpc) is 3.16. The zero-order valence-corrected chi connectivity index (χ0v) is 17.6. The third kappa shape index (κ3) is 4.76. The van der Waals surface area contributed by atoms with Crippen LogP contribution >= 0.6 is 0 Å². The average molecular weight is 406 g/mol. The first kappa shape index (κ1) is 20.5. The molecule has 0 saturated carbocycles. The minimum Gasteiger partial charge on any atom is -0.483 e. The molecule has 1 fully saturated rings. The molecule has 0 aliphatic carbocycles. The topological polar surface area (TPSA) is 76.8 Å². The summed E-state index contributed by atoms with van der Waals surface area (Å²) in [5, 5.41) is 0. The maximum absolute atomic E-state index is 13.0. The number of amides is 1. The predicted octanol–water partition coefficient (Wildman–Crippen LogP) is 3.11. The molecular weight excluding hydrogens is 378 g/mol. The van der Waals surface area contributed by atoms with Crippen LogP contribution in [0, 0.1) is 27.7 Å². The van der Waals surface area contributed by atoms with Gasteiger partial charge >= 0.3 is 0 Å². The molecule has 3 rings (SSSR count). The summed E-state index contributed by atoms with van der Waals surface area (Å²) in [6.45, 7) is 7.85. The summed E-state index contributed by atoms with van der Waals surface area (Å²) in [5.74, 6) is 1.94. The van der Waals surface area contributed by atoms with Crippen molar-refractivity contribution in [1.29, 1.82) is 0 Å². The Hall–Kier alpha value is -2.28. The maximum atomic E-state index is 13.0. The van der Waals surface area contributed by atoms with Gasteiger partial charge in [0.15, 0.2) is 16.4 Å². The minimum absolute atomic E-state index is 0.0129. The first-order valence-corrected chi connectivity index (χ1v) is 11.2. The van der Waals surface area contributed by atoms with E-state index in [2.05, 4.69) is 0 Å². The smallest absolute Gasteiger partial charge is 0.261 e. The zero-order valence-electron chi connectivity index (χ0n) is 16.8. The molecule has 0 spiro atoms. The van der Waals surface area contributed by atoms with Crippen LogP contribution in [0.5, 0.6) is 5.75 Å². The number of hydrogen-bond donors (Lipinski definition) is 0. The highest BCUT2D eigenvalue weighted by Crippen LogP contribution is 2.25. The Bertz CT molecular complexity index is 953. The van der Waals surface area contributed by atoms with Crippen LogP contribution in [0.25, 0.3) is 0 Å². The Balaban J connectivity index is 1.76. The van der Waals surface area contributed by atoms with Crippen LogP contribution in [-0.2, 0) is 21.2 Å². The van der Waals surface area contributed by atoms with Gasteiger partial charge < -0.3 is 14.1 Å². The number of carbonyl (C=O) groups is 1. The molecule has 1 atom stereocenters. The van der Waals surface area contributed by atoms with Crippen LogP contribution in [0.4, 0.5) is 0 Å². The molecule has 2 aromatic rings. The van der Waals surface area contributed by atoms with Gasteiger partial charge in [-0.3, -0.25) is 4.79 Å². The largest absolute Gasteiger partial charge is 0.483 e. The van der Waals surface area contributed by atoms with Gasteiger partial charge in [-0.05, 0) is 57.4 Å². The Morgan fingerprint density at radius 2 is 1.86 bits per heavy atom. The van der Waals surface area contributed by atoms with E-state index >= 15 is 0 Å². The van der Waals surface area contributed by atoms with Crippen LogP contribution < -0.4 is 4.74 Å². The van der Waals surface area contributed by atoms with Crippen LogP contribution in [0.1, 0.15) is 34.6 Å². The third-order valence-electron chi connectivity index (χ3n) is 5.04. The van der Waals surface area contributed by atoms with E-state index in [1.54, 1.807) is 4.90 Å². The highest BCUT2D eigenvalue weighted by atomic mass is 32.2. The Kier molecular flexibility index (Phi) is 5.84. The molecule has 1 saturated heterocycles. The van der Waals surface area contributed by atoms with Gasteiger partial charge in [0.2, 0.25) is 0 Å². The second-order valence-electron chi connectivity index (χ2n) is 7.61. The second kappa shape index (κ2) is 7.99. The van der Waals surface area contributed by atoms with E-state index in [0.29, 0.717) is 17.9 Å². The van der Waals surface area contributed by atoms with Crippen molar-refractivity contribution >= 4 is 15.7 Å². The van der Waals surface area contributed by atoms with E-state index in [-0.39, 0.29) is 36.6 Å². The third-order valence-corrected chi connectivity index (χ3v) is 6.79. The SMILES string of the molecule is Cc1cc(C)c(OCC(=O)N(Cc2ccc(C)o2)[C@H]2CCS(=O)(=O)C2)c(C)c1. The summed E-state index contributed by atoms with van der Waals surface area (Å²) in [6, 6.07) is 7.32. The first-order valence-electron chi connectivity index (χ1n) is 9.40. The van der Waals surface area contributed by atoms with E-state index < -0.39 is 9.84 Å². The number of nitrogens with zero attached hydrogens (tertiary/aromatic N) is 1. The molecule has 1 amide bonds. The van der Waals surface area contributed by atoms with Gasteiger partial charge in [-0.15, -0.1) is 0 Å². The number of sulfone groups is 1. The van der Waals surface area contributed by atoms with Crippen LogP contribution in [0.3, 0.4) is 0 Å². The fraction of sp³-hybridized carbons (Fsp3) is 0.476. The molecule has 0 N–H and O–H groups in total. The molecule has 6 nitrogen and oxygen atoms in total. The van der Waals surface area contributed by atoms with Crippen molar-refractivity contribution in [3.8, 4) is 5.75 Å². The molecule has 1 aliphatic heterocycles. The molecule has 7 heteroatoms. The van der Waals surface area contributed by atoms with Gasteiger partial charge in [0, 0.05) is 6.04 Å². The molecule has 152 valence electrons. The summed E-state index contributed by atoms with van der Waals surface area (Å²) in [5.41, 5.74) is 3.09. The molecule has 1 aromatic carbocycles. The first-order chi connectivity index (χ1) is 13.1. The monoisotopic (exact) mass is 405 g/mol. The number of hydrogen-bond acceptors (Lipinski definition) is 5. The zero-order chi connectivity index (χ0) is 20.5. The van der Waals surface area contributed by atoms with E-state index in [4.69, 9.17) is 9.15 Å². The number of furan rings is 1. The number of benzene rings is 1. The molecule has 0 bridgehead atoms. The lowest BCUT2D eigenvalue weighted by molar-refractivity contribution is -0.136. The van der Waals surface area contributed by atoms with Crippen molar-refractivity contribution in [3.63, 3.8) is 0 Å². The van der Waals surface area contributed by atoms with Gasteiger partial charge in [-0.1, -0.05) is 17.7 Å². The highest BCUT2D eigenvalue weighted by Gasteiger charge is 2.35. The van der Waals surface area contributed by atoms with Crippen molar-refractivity contribution in [3.05, 3.63) is 52.5 Å². The van der Waals surface area contributed by atoms with Gasteiger partial charge in [-0.2, -0.15) is 0 Å². The fourth-order valence-corrected chi connectivity index (χ4v) is 5.52. The van der Waals surface area contributed by atoms with Crippen molar-refractivity contribution in [1.82, 2.24) is 4.90 Å². The highest BCUT2D eigenvalue weighted by molar-refractivity contribution is 7.91. The summed E-state index contributed by atoms with van der Waals surface area (Å²) >= 11 is 0. The van der Waals surface area contributed by atoms with Crippen LogP contribution in [-0.4, -0.2) is 43.4 Å². The Morgan fingerprint density at radius 1 is 1.18 bits per heavy atom. The number of rotatable bonds is 6. The lowest BCUT2D eigenvalue weighted by Crippen LogP contribution is -2.43. The van der Waals surface area contributed by atoms with Crippen molar-refractivity contribution in [2.24, 2.45) is 0 Å². The molecule has 2 heterocycles. The van der Waals surface area contributed by atoms with Crippen molar-refractivity contribution in [2.45, 2.75) is 46.7 Å². The normalized spacial score (nSPS) is 18.2. The Labute approximate surface area is 166 Å². The summed E-state index contributed by atoms with van der Waals surface area (Å²) in [6.07, 6.45) is 0.441. The van der Waals surface area contributed by atoms with Crippen molar-refractivity contribution < 1.29 is 22.4 Å². The van der Waals surface area contributed by atoms with Crippen molar-refractivity contribution in [2.75, 3.05) is 18.1 Å². The maximum Gasteiger partial charge on any atom is 0.261 e. The summed E-state index contributed by atoms with van der Waals surface area (Å²) in [7, 11) is -3.11. The lowest BCUT2D eigenvalue weighted by atomic mass is 10.1. The summed E-state index contributed by atoms with van der Waals surface area (Å²) in [4.78, 5) is 14.6. The number of carbonyl (C=O) groups excluding carboxylic acids is 1. The quantitative estimate of drug-likeness (QED) is 0.738. The molecular formula is C21H27NO5S. The van der Waals surface area contributed by atoms with E-state index in [9.17, 15) is 13.2 Å². The Morgan fingerprint density at radius 3 is 2.39 bits per heavy atom. The van der Waals surface area contributed by atoms with Gasteiger partial charge in [0.25, 0.3) is 5.91 Å². The molecule has 1 aromatic heterocycles. The predicted molar refractivity (Wildman–Crippen MR) is 107 cm³/mol. The minimum atomic E-state index is -3.11. The van der Waals surface area contributed by atoms with Crippen LogP contribution in [0.2, 0.25) is 0 Å². The molecule has 1 aliphatic rings. The number of ether oxygens (including phenoxy) is 1. The molecule has 28 heavy (non-hydrogen) atoms. The standard InChI is InChI=1S/C21H27NO5S/c1-14-9-15(2)21(16(3)10-14)26-12-20(23)22(11-19-6-5-17(4)27-19)18-7-8-28(24,25)13-18/h5-6,9-10,18H,7-8,11-13H2,1-4H3/t18-/m0/s1.